The molecule has 0 amide bonds. The molecule has 0 saturated carbocycles. The summed E-state index contributed by atoms with van der Waals surface area (Å²) in [4.78, 5) is 13.2. The van der Waals surface area contributed by atoms with Crippen LogP contribution in [0.15, 0.2) is 48.8 Å². The van der Waals surface area contributed by atoms with Crippen molar-refractivity contribution in [3.05, 3.63) is 82.3 Å². The van der Waals surface area contributed by atoms with E-state index in [1.807, 2.05) is 32.0 Å². The van der Waals surface area contributed by atoms with Crippen molar-refractivity contribution < 1.29 is 14.6 Å². The van der Waals surface area contributed by atoms with Crippen molar-refractivity contribution in [1.82, 2.24) is 15.0 Å². The third-order valence-electron chi connectivity index (χ3n) is 5.91. The highest BCUT2D eigenvalue weighted by molar-refractivity contribution is 6.35. The number of nitrogens with zero attached hydrogens (tertiary/aromatic N) is 3. The van der Waals surface area contributed by atoms with E-state index in [0.29, 0.717) is 34.2 Å². The average Bonchev–Trinajstić information content (AvgIpc) is 2.82. The summed E-state index contributed by atoms with van der Waals surface area (Å²) in [5, 5.41) is 24.0. The molecule has 182 valence electrons. The maximum absolute atomic E-state index is 14.7. The van der Waals surface area contributed by atoms with Gasteiger partial charge in [-0.05, 0) is 63.4 Å². The maximum Gasteiger partial charge on any atom is 0.159 e. The van der Waals surface area contributed by atoms with E-state index in [2.05, 4.69) is 20.3 Å². The first kappa shape index (κ1) is 25.0. The lowest BCUT2D eigenvalue weighted by molar-refractivity contribution is 0.0687. The van der Waals surface area contributed by atoms with Gasteiger partial charge in [0.1, 0.15) is 11.4 Å². The van der Waals surface area contributed by atoms with Crippen molar-refractivity contribution >= 4 is 28.2 Å². The molecule has 0 spiro atoms. The largest absolute Gasteiger partial charge is 0.396 e. The molecule has 35 heavy (non-hydrogen) atoms. The average molecular weight is 495 g/mol. The molecule has 1 unspecified atom stereocenters. The molecule has 1 atom stereocenters. The molecule has 2 aromatic carbocycles. The standard InChI is InChI=1S/C27H28ClFN4O2/c1-15(20-11-17(9-10-34)5-7-22(20)29)33-25-21-12-18(6-8-23(21)32-16(2)24(25)28)19-13-30-26(31-14-19)27(3,4)35/h5-8,11-15,34-35H,9-10H2,1-4H3,(H,32,33). The molecule has 0 fully saturated rings. The highest BCUT2D eigenvalue weighted by atomic mass is 35.5. The number of rotatable bonds is 7. The number of aromatic nitrogens is 3. The van der Waals surface area contributed by atoms with E-state index in [1.165, 1.54) is 6.07 Å². The first-order chi connectivity index (χ1) is 16.6. The van der Waals surface area contributed by atoms with Crippen LogP contribution in [0.1, 0.15) is 49.5 Å². The number of hydrogen-bond acceptors (Lipinski definition) is 6. The van der Waals surface area contributed by atoms with Crippen LogP contribution >= 0.6 is 11.6 Å². The first-order valence-electron chi connectivity index (χ1n) is 11.4. The summed E-state index contributed by atoms with van der Waals surface area (Å²) in [5.74, 6) is 0.00615. The van der Waals surface area contributed by atoms with Gasteiger partial charge in [0.25, 0.3) is 0 Å². The molecule has 0 aliphatic heterocycles. The minimum Gasteiger partial charge on any atom is -0.396 e. The van der Waals surface area contributed by atoms with E-state index < -0.39 is 11.6 Å². The molecule has 4 rings (SSSR count). The Morgan fingerprint density at radius 3 is 2.46 bits per heavy atom. The summed E-state index contributed by atoms with van der Waals surface area (Å²) in [7, 11) is 0. The highest BCUT2D eigenvalue weighted by Gasteiger charge is 2.20. The second-order valence-corrected chi connectivity index (χ2v) is 9.55. The molecular formula is C27H28ClFN4O2. The Bertz CT molecular complexity index is 1370. The molecule has 2 aromatic heterocycles. The molecule has 0 aliphatic carbocycles. The fourth-order valence-corrected chi connectivity index (χ4v) is 4.18. The van der Waals surface area contributed by atoms with Gasteiger partial charge in [0.15, 0.2) is 5.82 Å². The fraction of sp³-hybridized carbons (Fsp3) is 0.296. The topological polar surface area (TPSA) is 91.2 Å². The number of hydrogen-bond donors (Lipinski definition) is 3. The monoisotopic (exact) mass is 494 g/mol. The number of halogens is 2. The summed E-state index contributed by atoms with van der Waals surface area (Å²) in [6, 6.07) is 10.2. The highest BCUT2D eigenvalue weighted by Crippen LogP contribution is 2.37. The van der Waals surface area contributed by atoms with Gasteiger partial charge in [-0.15, -0.1) is 0 Å². The van der Waals surface area contributed by atoms with Gasteiger partial charge in [0.2, 0.25) is 0 Å². The lowest BCUT2D eigenvalue weighted by atomic mass is 10.0. The van der Waals surface area contributed by atoms with Gasteiger partial charge in [-0.2, -0.15) is 0 Å². The minimum absolute atomic E-state index is 0.00380. The van der Waals surface area contributed by atoms with Crippen LogP contribution in [0.4, 0.5) is 10.1 Å². The number of fused-ring (bicyclic) bond motifs is 1. The van der Waals surface area contributed by atoms with Crippen molar-refractivity contribution in [3.8, 4) is 11.1 Å². The van der Waals surface area contributed by atoms with Crippen LogP contribution in [0.2, 0.25) is 5.02 Å². The predicted octanol–water partition coefficient (Wildman–Crippen LogP) is 5.73. The van der Waals surface area contributed by atoms with Gasteiger partial charge in [-0.3, -0.25) is 4.98 Å². The Morgan fingerprint density at radius 2 is 1.80 bits per heavy atom. The first-order valence-corrected chi connectivity index (χ1v) is 11.8. The van der Waals surface area contributed by atoms with E-state index in [9.17, 15) is 14.6 Å². The number of aliphatic hydroxyl groups excluding tert-OH is 1. The summed E-state index contributed by atoms with van der Waals surface area (Å²) in [5.41, 5.74) is 3.91. The third-order valence-corrected chi connectivity index (χ3v) is 6.37. The van der Waals surface area contributed by atoms with Crippen molar-refractivity contribution in [3.63, 3.8) is 0 Å². The normalized spacial score (nSPS) is 12.7. The van der Waals surface area contributed by atoms with Gasteiger partial charge < -0.3 is 15.5 Å². The zero-order chi connectivity index (χ0) is 25.3. The van der Waals surface area contributed by atoms with Crippen LogP contribution < -0.4 is 5.32 Å². The Balaban J connectivity index is 1.76. The molecule has 6 nitrogen and oxygen atoms in total. The van der Waals surface area contributed by atoms with E-state index >= 15 is 0 Å². The van der Waals surface area contributed by atoms with Crippen LogP contribution in [0, 0.1) is 12.7 Å². The quantitative estimate of drug-likeness (QED) is 0.304. The molecule has 0 radical (unpaired) electrons. The molecule has 0 bridgehead atoms. The number of nitrogens with one attached hydrogen (secondary N) is 1. The number of pyridine rings is 1. The molecule has 8 heteroatoms. The van der Waals surface area contributed by atoms with Crippen LogP contribution in [0.25, 0.3) is 22.0 Å². The molecule has 2 heterocycles. The number of anilines is 1. The Kier molecular flexibility index (Phi) is 7.03. The maximum atomic E-state index is 14.7. The van der Waals surface area contributed by atoms with Crippen molar-refractivity contribution in [2.75, 3.05) is 11.9 Å². The Labute approximate surface area is 208 Å². The summed E-state index contributed by atoms with van der Waals surface area (Å²) in [6.07, 6.45) is 3.79. The van der Waals surface area contributed by atoms with Crippen LogP contribution in [-0.2, 0) is 12.0 Å². The number of benzene rings is 2. The van der Waals surface area contributed by atoms with Gasteiger partial charge >= 0.3 is 0 Å². The smallest absolute Gasteiger partial charge is 0.159 e. The van der Waals surface area contributed by atoms with E-state index in [1.54, 1.807) is 38.4 Å². The molecule has 4 aromatic rings. The number of aryl methyl sites for hydroxylation is 1. The Morgan fingerprint density at radius 1 is 1.09 bits per heavy atom. The second-order valence-electron chi connectivity index (χ2n) is 9.17. The summed E-state index contributed by atoms with van der Waals surface area (Å²) in [6.45, 7) is 6.96. The SMILES string of the molecule is Cc1nc2ccc(-c3cnc(C(C)(C)O)nc3)cc2c(NC(C)c2cc(CCO)ccc2F)c1Cl. The zero-order valence-electron chi connectivity index (χ0n) is 20.1. The summed E-state index contributed by atoms with van der Waals surface area (Å²) < 4.78 is 14.7. The number of aliphatic hydroxyl groups is 2. The minimum atomic E-state index is -1.13. The van der Waals surface area contributed by atoms with Gasteiger partial charge in [-0.25, -0.2) is 14.4 Å². The van der Waals surface area contributed by atoms with Crippen LogP contribution in [-0.4, -0.2) is 31.8 Å². The van der Waals surface area contributed by atoms with Gasteiger partial charge in [0, 0.05) is 35.5 Å². The van der Waals surface area contributed by atoms with Crippen LogP contribution in [0.3, 0.4) is 0 Å². The molecular weight excluding hydrogens is 467 g/mol. The van der Waals surface area contributed by atoms with Crippen molar-refractivity contribution in [2.45, 2.75) is 45.8 Å². The third kappa shape index (κ3) is 5.27. The van der Waals surface area contributed by atoms with E-state index in [-0.39, 0.29) is 12.4 Å². The van der Waals surface area contributed by atoms with Gasteiger partial charge in [0.05, 0.1) is 28.0 Å². The molecule has 0 aliphatic rings. The fourth-order valence-electron chi connectivity index (χ4n) is 3.98. The Hall–Kier alpha value is -3.13. The lowest BCUT2D eigenvalue weighted by Gasteiger charge is -2.21. The zero-order valence-corrected chi connectivity index (χ0v) is 20.9. The van der Waals surface area contributed by atoms with Crippen molar-refractivity contribution in [1.29, 1.82) is 0 Å². The molecule has 0 saturated heterocycles. The van der Waals surface area contributed by atoms with Crippen molar-refractivity contribution in [2.24, 2.45) is 0 Å². The summed E-state index contributed by atoms with van der Waals surface area (Å²) >= 11 is 6.69. The van der Waals surface area contributed by atoms with E-state index in [4.69, 9.17) is 11.6 Å². The predicted molar refractivity (Wildman–Crippen MR) is 137 cm³/mol. The van der Waals surface area contributed by atoms with Gasteiger partial charge in [-0.1, -0.05) is 29.8 Å². The second kappa shape index (κ2) is 9.85. The molecule has 3 N–H and O–H groups in total. The van der Waals surface area contributed by atoms with E-state index in [0.717, 1.165) is 27.6 Å². The lowest BCUT2D eigenvalue weighted by Crippen LogP contribution is -2.19. The van der Waals surface area contributed by atoms with Crippen LogP contribution in [0.5, 0.6) is 0 Å².